The van der Waals surface area contributed by atoms with Crippen LogP contribution in [0.5, 0.6) is 17.2 Å². The van der Waals surface area contributed by atoms with Gasteiger partial charge in [0.15, 0.2) is 11.5 Å². The van der Waals surface area contributed by atoms with E-state index in [9.17, 15) is 9.59 Å². The summed E-state index contributed by atoms with van der Waals surface area (Å²) in [6.45, 7) is 12.6. The Morgan fingerprint density at radius 3 is 2.29 bits per heavy atom. The second-order valence-electron chi connectivity index (χ2n) is 9.30. The molecule has 0 heterocycles. The van der Waals surface area contributed by atoms with E-state index >= 15 is 0 Å². The smallest absolute Gasteiger partial charge is 0.310 e. The molecule has 0 unspecified atom stereocenters. The van der Waals surface area contributed by atoms with Crippen LogP contribution in [0.15, 0.2) is 36.4 Å². The lowest BCUT2D eigenvalue weighted by molar-refractivity contribution is -0.142. The number of ether oxygens (including phenoxy) is 3. The number of carbonyl (C=O) groups is 2. The van der Waals surface area contributed by atoms with Gasteiger partial charge in [-0.25, -0.2) is 0 Å². The molecule has 2 rings (SSSR count). The predicted molar refractivity (Wildman–Crippen MR) is 138 cm³/mol. The summed E-state index contributed by atoms with van der Waals surface area (Å²) in [6, 6.07) is 11.0. The molecule has 186 valence electrons. The molecular formula is C27H37NO5S. The first-order valence-corrected chi connectivity index (χ1v) is 12.5. The summed E-state index contributed by atoms with van der Waals surface area (Å²) in [5, 5.41) is 0. The van der Waals surface area contributed by atoms with E-state index in [0.717, 1.165) is 11.1 Å². The van der Waals surface area contributed by atoms with Gasteiger partial charge in [0.1, 0.15) is 5.75 Å². The Morgan fingerprint density at radius 2 is 1.71 bits per heavy atom. The molecule has 0 aromatic heterocycles. The summed E-state index contributed by atoms with van der Waals surface area (Å²) in [5.41, 5.74) is 2.31. The highest BCUT2D eigenvalue weighted by Crippen LogP contribution is 2.37. The van der Waals surface area contributed by atoms with Gasteiger partial charge in [0.25, 0.3) is 5.91 Å². The van der Waals surface area contributed by atoms with Crippen molar-refractivity contribution in [2.75, 3.05) is 20.8 Å². The van der Waals surface area contributed by atoms with Crippen LogP contribution in [-0.4, -0.2) is 48.3 Å². The molecule has 0 bridgehead atoms. The number of esters is 1. The highest BCUT2D eigenvalue weighted by atomic mass is 32.2. The minimum Gasteiger partial charge on any atom is -0.493 e. The van der Waals surface area contributed by atoms with Crippen LogP contribution in [0.25, 0.3) is 0 Å². The maximum atomic E-state index is 12.9. The van der Waals surface area contributed by atoms with Crippen molar-refractivity contribution in [1.29, 1.82) is 0 Å². The molecule has 0 fully saturated rings. The molecule has 0 saturated heterocycles. The third-order valence-corrected chi connectivity index (χ3v) is 6.49. The first-order chi connectivity index (χ1) is 15.9. The molecule has 34 heavy (non-hydrogen) atoms. The standard InChI is InChI=1S/C27H37NO5S/c1-9-32-25(29)15-19-10-12-23(31-8)24(14-19)33-22-13-11-20(26(30)28(7)18(2)3)16-21(22)17-34-27(4,5)6/h10-14,16,18H,9,15,17H2,1-8H3. The Labute approximate surface area is 208 Å². The Morgan fingerprint density at radius 1 is 1.03 bits per heavy atom. The van der Waals surface area contributed by atoms with Crippen molar-refractivity contribution in [3.63, 3.8) is 0 Å². The average molecular weight is 488 g/mol. The topological polar surface area (TPSA) is 65.1 Å². The first-order valence-electron chi connectivity index (χ1n) is 11.5. The number of methoxy groups -OCH3 is 1. The van der Waals surface area contributed by atoms with Crippen molar-refractivity contribution in [3.05, 3.63) is 53.1 Å². The second-order valence-corrected chi connectivity index (χ2v) is 11.1. The Kier molecular flexibility index (Phi) is 9.86. The first kappa shape index (κ1) is 27.6. The van der Waals surface area contributed by atoms with Crippen molar-refractivity contribution >= 4 is 23.6 Å². The molecule has 0 radical (unpaired) electrons. The third kappa shape index (κ3) is 7.97. The maximum absolute atomic E-state index is 12.9. The highest BCUT2D eigenvalue weighted by Gasteiger charge is 2.20. The lowest BCUT2D eigenvalue weighted by Gasteiger charge is -2.23. The molecular weight excluding hydrogens is 450 g/mol. The van der Waals surface area contributed by atoms with Gasteiger partial charge in [0.2, 0.25) is 0 Å². The van der Waals surface area contributed by atoms with Crippen LogP contribution in [0.1, 0.15) is 63.0 Å². The van der Waals surface area contributed by atoms with E-state index in [4.69, 9.17) is 14.2 Å². The van der Waals surface area contributed by atoms with Crippen molar-refractivity contribution < 1.29 is 23.8 Å². The molecule has 0 spiro atoms. The van der Waals surface area contributed by atoms with Crippen LogP contribution in [0.2, 0.25) is 0 Å². The summed E-state index contributed by atoms with van der Waals surface area (Å²) >= 11 is 1.78. The molecule has 0 aliphatic rings. The van der Waals surface area contributed by atoms with Crippen molar-refractivity contribution in [1.82, 2.24) is 4.90 Å². The monoisotopic (exact) mass is 487 g/mol. The lowest BCUT2D eigenvalue weighted by atomic mass is 10.1. The number of carbonyl (C=O) groups excluding carboxylic acids is 2. The Hall–Kier alpha value is -2.67. The Balaban J connectivity index is 2.42. The average Bonchev–Trinajstić information content (AvgIpc) is 2.77. The summed E-state index contributed by atoms with van der Waals surface area (Å²) < 4.78 is 16.9. The number of hydrogen-bond acceptors (Lipinski definition) is 6. The van der Waals surface area contributed by atoms with Crippen molar-refractivity contribution in [3.8, 4) is 17.2 Å². The van der Waals surface area contributed by atoms with Gasteiger partial charge in [0.05, 0.1) is 20.1 Å². The summed E-state index contributed by atoms with van der Waals surface area (Å²) in [4.78, 5) is 26.6. The van der Waals surface area contributed by atoms with Gasteiger partial charge in [0, 0.05) is 34.7 Å². The number of nitrogens with zero attached hydrogens (tertiary/aromatic N) is 1. The summed E-state index contributed by atoms with van der Waals surface area (Å²) in [6.07, 6.45) is 0.149. The van der Waals surface area contributed by atoms with Crippen LogP contribution in [0.4, 0.5) is 0 Å². The SMILES string of the molecule is CCOC(=O)Cc1ccc(OC)c(Oc2ccc(C(=O)N(C)C(C)C)cc2CSC(C)(C)C)c1. The molecule has 1 amide bonds. The van der Waals surface area contributed by atoms with Gasteiger partial charge >= 0.3 is 5.97 Å². The van der Waals surface area contributed by atoms with Gasteiger partial charge < -0.3 is 19.1 Å². The fourth-order valence-electron chi connectivity index (χ4n) is 3.07. The fraction of sp³-hybridized carbons (Fsp3) is 0.481. The second kappa shape index (κ2) is 12.2. The van der Waals surface area contributed by atoms with Gasteiger partial charge in [-0.3, -0.25) is 9.59 Å². The molecule has 0 saturated carbocycles. The molecule has 2 aromatic carbocycles. The third-order valence-electron chi connectivity index (χ3n) is 5.16. The van der Waals surface area contributed by atoms with E-state index in [-0.39, 0.29) is 29.1 Å². The minimum absolute atomic E-state index is 0.0300. The summed E-state index contributed by atoms with van der Waals surface area (Å²) in [7, 11) is 3.38. The largest absolute Gasteiger partial charge is 0.493 e. The van der Waals surface area contributed by atoms with Gasteiger partial charge in [-0.2, -0.15) is 11.8 Å². The van der Waals surface area contributed by atoms with E-state index < -0.39 is 0 Å². The molecule has 0 atom stereocenters. The van der Waals surface area contributed by atoms with Crippen LogP contribution in [-0.2, 0) is 21.7 Å². The minimum atomic E-state index is -0.293. The molecule has 6 nitrogen and oxygen atoms in total. The number of benzene rings is 2. The van der Waals surface area contributed by atoms with E-state index in [1.807, 2.05) is 32.0 Å². The quantitative estimate of drug-likeness (QED) is 0.377. The zero-order chi connectivity index (χ0) is 25.5. The molecule has 2 aromatic rings. The number of amides is 1. The molecule has 0 N–H and O–H groups in total. The van der Waals surface area contributed by atoms with Crippen molar-refractivity contribution in [2.45, 2.75) is 64.5 Å². The van der Waals surface area contributed by atoms with Crippen LogP contribution >= 0.6 is 11.8 Å². The normalized spacial score (nSPS) is 11.3. The van der Waals surface area contributed by atoms with E-state index in [2.05, 4.69) is 20.8 Å². The summed E-state index contributed by atoms with van der Waals surface area (Å²) in [5.74, 6) is 2.06. The fourth-order valence-corrected chi connectivity index (χ4v) is 3.88. The number of hydrogen-bond donors (Lipinski definition) is 0. The number of thioether (sulfide) groups is 1. The van der Waals surface area contributed by atoms with E-state index in [0.29, 0.717) is 35.2 Å². The van der Waals surface area contributed by atoms with Gasteiger partial charge in [-0.1, -0.05) is 26.8 Å². The lowest BCUT2D eigenvalue weighted by Crippen LogP contribution is -2.33. The predicted octanol–water partition coefficient (Wildman–Crippen LogP) is 6.11. The van der Waals surface area contributed by atoms with Crippen LogP contribution in [0.3, 0.4) is 0 Å². The number of rotatable bonds is 10. The zero-order valence-electron chi connectivity index (χ0n) is 21.6. The van der Waals surface area contributed by atoms with Crippen LogP contribution in [0, 0.1) is 0 Å². The Bertz CT molecular complexity index is 997. The van der Waals surface area contributed by atoms with Crippen molar-refractivity contribution in [2.24, 2.45) is 0 Å². The van der Waals surface area contributed by atoms with Gasteiger partial charge in [-0.05, 0) is 56.7 Å². The van der Waals surface area contributed by atoms with Crippen LogP contribution < -0.4 is 9.47 Å². The molecule has 0 aliphatic heterocycles. The molecule has 7 heteroatoms. The van der Waals surface area contributed by atoms with E-state index in [1.54, 1.807) is 55.9 Å². The molecule has 0 aliphatic carbocycles. The van der Waals surface area contributed by atoms with Gasteiger partial charge in [-0.15, -0.1) is 0 Å². The zero-order valence-corrected chi connectivity index (χ0v) is 22.4. The maximum Gasteiger partial charge on any atom is 0.310 e. The van der Waals surface area contributed by atoms with E-state index in [1.165, 1.54) is 0 Å². The highest BCUT2D eigenvalue weighted by molar-refractivity contribution is 7.99.